The van der Waals surface area contributed by atoms with Crippen molar-refractivity contribution in [3.8, 4) is 5.75 Å². The van der Waals surface area contributed by atoms with E-state index in [-0.39, 0.29) is 36.9 Å². The van der Waals surface area contributed by atoms with Crippen molar-refractivity contribution in [3.05, 3.63) is 33.9 Å². The third kappa shape index (κ3) is 3.70. The van der Waals surface area contributed by atoms with Gasteiger partial charge in [0.1, 0.15) is 11.4 Å². The molecular weight excluding hydrogens is 380 g/mol. The average molecular weight is 399 g/mol. The summed E-state index contributed by atoms with van der Waals surface area (Å²) < 4.78 is 11.0. The van der Waals surface area contributed by atoms with Gasteiger partial charge < -0.3 is 24.8 Å². The molecule has 0 saturated heterocycles. The Morgan fingerprint density at radius 1 is 1.46 bits per heavy atom. The lowest BCUT2D eigenvalue weighted by Crippen LogP contribution is -2.31. The Kier molecular flexibility index (Phi) is 6.22. The van der Waals surface area contributed by atoms with Crippen LogP contribution in [0, 0.1) is 0 Å². The zero-order valence-electron chi connectivity index (χ0n) is 13.5. The second kappa shape index (κ2) is 8.16. The number of hydrogen-bond donors (Lipinski definition) is 2. The van der Waals surface area contributed by atoms with Crippen molar-refractivity contribution in [3.63, 3.8) is 0 Å². The SMILES string of the molecule is CCOc1cccc(Br)c1NC1=C(C(=O)OC)CN(CCO)C1=O. The van der Waals surface area contributed by atoms with E-state index in [1.165, 1.54) is 12.0 Å². The van der Waals surface area contributed by atoms with Crippen molar-refractivity contribution in [2.45, 2.75) is 6.92 Å². The van der Waals surface area contributed by atoms with Gasteiger partial charge in [0.25, 0.3) is 5.91 Å². The minimum absolute atomic E-state index is 0.0861. The lowest BCUT2D eigenvalue weighted by Gasteiger charge is -2.17. The summed E-state index contributed by atoms with van der Waals surface area (Å²) in [6, 6.07) is 5.37. The molecule has 0 fully saturated rings. The number of para-hydroxylation sites is 1. The molecule has 1 aromatic rings. The number of nitrogens with one attached hydrogen (secondary N) is 1. The summed E-state index contributed by atoms with van der Waals surface area (Å²) in [5.41, 5.74) is 0.896. The van der Waals surface area contributed by atoms with Gasteiger partial charge in [-0.2, -0.15) is 0 Å². The maximum atomic E-state index is 12.5. The van der Waals surface area contributed by atoms with E-state index in [9.17, 15) is 9.59 Å². The molecule has 0 saturated carbocycles. The molecule has 1 heterocycles. The molecule has 1 aliphatic rings. The molecule has 0 bridgehead atoms. The normalized spacial score (nSPS) is 14.2. The zero-order valence-corrected chi connectivity index (χ0v) is 15.1. The predicted molar refractivity (Wildman–Crippen MR) is 91.6 cm³/mol. The van der Waals surface area contributed by atoms with Crippen LogP contribution in [0.3, 0.4) is 0 Å². The molecule has 0 spiro atoms. The van der Waals surface area contributed by atoms with Crippen LogP contribution in [0.2, 0.25) is 0 Å². The minimum atomic E-state index is -0.587. The van der Waals surface area contributed by atoms with Gasteiger partial charge in [-0.05, 0) is 35.0 Å². The smallest absolute Gasteiger partial charge is 0.337 e. The number of β-amino-alcohol motifs (C(OH)–C–C–N with tert-alkyl or cyclic N) is 1. The maximum Gasteiger partial charge on any atom is 0.337 e. The largest absolute Gasteiger partial charge is 0.492 e. The summed E-state index contributed by atoms with van der Waals surface area (Å²) in [6.07, 6.45) is 0. The number of methoxy groups -OCH3 is 1. The summed E-state index contributed by atoms with van der Waals surface area (Å²) >= 11 is 3.42. The van der Waals surface area contributed by atoms with Crippen molar-refractivity contribution in [2.75, 3.05) is 38.7 Å². The van der Waals surface area contributed by atoms with Gasteiger partial charge in [-0.1, -0.05) is 6.07 Å². The molecule has 0 unspecified atom stereocenters. The molecule has 0 aliphatic carbocycles. The first-order valence-corrected chi connectivity index (χ1v) is 8.22. The Hall–Kier alpha value is -2.06. The summed E-state index contributed by atoms with van der Waals surface area (Å²) in [6.45, 7) is 2.35. The number of hydrogen-bond acceptors (Lipinski definition) is 6. The van der Waals surface area contributed by atoms with Crippen molar-refractivity contribution in [1.82, 2.24) is 4.90 Å². The number of esters is 1. The molecular formula is C16H19BrN2O5. The Balaban J connectivity index is 2.41. The fraction of sp³-hybridized carbons (Fsp3) is 0.375. The zero-order chi connectivity index (χ0) is 17.7. The third-order valence-corrected chi connectivity index (χ3v) is 4.14. The molecule has 0 radical (unpaired) electrons. The summed E-state index contributed by atoms with van der Waals surface area (Å²) in [7, 11) is 1.26. The van der Waals surface area contributed by atoms with Crippen molar-refractivity contribution < 1.29 is 24.2 Å². The fourth-order valence-corrected chi connectivity index (χ4v) is 2.82. The van der Waals surface area contributed by atoms with Gasteiger partial charge in [-0.15, -0.1) is 0 Å². The number of aliphatic hydroxyl groups is 1. The van der Waals surface area contributed by atoms with Crippen LogP contribution in [0.1, 0.15) is 6.92 Å². The minimum Gasteiger partial charge on any atom is -0.492 e. The van der Waals surface area contributed by atoms with Crippen LogP contribution in [0.25, 0.3) is 0 Å². The topological polar surface area (TPSA) is 88.1 Å². The van der Waals surface area contributed by atoms with Crippen molar-refractivity contribution in [2.24, 2.45) is 0 Å². The number of amides is 1. The van der Waals surface area contributed by atoms with E-state index < -0.39 is 5.97 Å². The highest BCUT2D eigenvalue weighted by Crippen LogP contribution is 2.35. The van der Waals surface area contributed by atoms with Crippen LogP contribution < -0.4 is 10.1 Å². The van der Waals surface area contributed by atoms with Crippen molar-refractivity contribution in [1.29, 1.82) is 0 Å². The van der Waals surface area contributed by atoms with E-state index in [1.54, 1.807) is 12.1 Å². The van der Waals surface area contributed by atoms with Crippen LogP contribution in [-0.4, -0.2) is 55.3 Å². The number of benzene rings is 1. The van der Waals surface area contributed by atoms with Crippen LogP contribution in [0.15, 0.2) is 33.9 Å². The van der Waals surface area contributed by atoms with Gasteiger partial charge in [-0.25, -0.2) is 4.79 Å². The highest BCUT2D eigenvalue weighted by Gasteiger charge is 2.35. The Morgan fingerprint density at radius 3 is 2.83 bits per heavy atom. The lowest BCUT2D eigenvalue weighted by molar-refractivity contribution is -0.136. The molecule has 8 heteroatoms. The van der Waals surface area contributed by atoms with Gasteiger partial charge in [0.15, 0.2) is 0 Å². The Labute approximate surface area is 148 Å². The van der Waals surface area contributed by atoms with Gasteiger partial charge in [0.05, 0.1) is 38.1 Å². The first kappa shape index (κ1) is 18.3. The number of carbonyl (C=O) groups excluding carboxylic acids is 2. The highest BCUT2D eigenvalue weighted by atomic mass is 79.9. The second-order valence-corrected chi connectivity index (χ2v) is 5.82. The maximum absolute atomic E-state index is 12.5. The third-order valence-electron chi connectivity index (χ3n) is 3.48. The van der Waals surface area contributed by atoms with E-state index >= 15 is 0 Å². The number of nitrogens with zero attached hydrogens (tertiary/aromatic N) is 1. The first-order valence-electron chi connectivity index (χ1n) is 7.43. The van der Waals surface area contributed by atoms with Crippen LogP contribution >= 0.6 is 15.9 Å². The van der Waals surface area contributed by atoms with E-state index in [2.05, 4.69) is 21.2 Å². The summed E-state index contributed by atoms with van der Waals surface area (Å²) in [5.74, 6) is -0.407. The quantitative estimate of drug-likeness (QED) is 0.677. The van der Waals surface area contributed by atoms with Gasteiger partial charge >= 0.3 is 5.97 Å². The first-order chi connectivity index (χ1) is 11.5. The molecule has 0 aromatic heterocycles. The number of ether oxygens (including phenoxy) is 2. The number of anilines is 1. The molecule has 1 aromatic carbocycles. The van der Waals surface area contributed by atoms with Gasteiger partial charge in [0.2, 0.25) is 0 Å². The fourth-order valence-electron chi connectivity index (χ4n) is 2.38. The molecule has 7 nitrogen and oxygen atoms in total. The Morgan fingerprint density at radius 2 is 2.21 bits per heavy atom. The summed E-state index contributed by atoms with van der Waals surface area (Å²) in [4.78, 5) is 25.9. The molecule has 24 heavy (non-hydrogen) atoms. The predicted octanol–water partition coefficient (Wildman–Crippen LogP) is 1.52. The molecule has 1 amide bonds. The lowest BCUT2D eigenvalue weighted by atomic mass is 10.2. The standard InChI is InChI=1S/C16H19BrN2O5/c1-3-24-12-6-4-5-11(17)14(12)18-13-10(16(22)23-2)9-19(7-8-20)15(13)21/h4-6,18,20H,3,7-9H2,1-2H3. The monoisotopic (exact) mass is 398 g/mol. The second-order valence-electron chi connectivity index (χ2n) is 4.97. The number of rotatable bonds is 7. The molecule has 130 valence electrons. The highest BCUT2D eigenvalue weighted by molar-refractivity contribution is 9.10. The molecule has 1 aliphatic heterocycles. The average Bonchev–Trinajstić information content (AvgIpc) is 2.87. The van der Waals surface area contributed by atoms with E-state index in [1.807, 2.05) is 13.0 Å². The summed E-state index contributed by atoms with van der Waals surface area (Å²) in [5, 5.41) is 12.1. The van der Waals surface area contributed by atoms with Crippen LogP contribution in [0.5, 0.6) is 5.75 Å². The van der Waals surface area contributed by atoms with Crippen molar-refractivity contribution >= 4 is 33.5 Å². The number of aliphatic hydroxyl groups excluding tert-OH is 1. The van der Waals surface area contributed by atoms with Crippen LogP contribution in [0.4, 0.5) is 5.69 Å². The van der Waals surface area contributed by atoms with Crippen LogP contribution in [-0.2, 0) is 14.3 Å². The van der Waals surface area contributed by atoms with E-state index in [4.69, 9.17) is 14.6 Å². The van der Waals surface area contributed by atoms with Gasteiger partial charge in [0, 0.05) is 11.0 Å². The van der Waals surface area contributed by atoms with E-state index in [0.29, 0.717) is 22.5 Å². The number of carbonyl (C=O) groups is 2. The van der Waals surface area contributed by atoms with E-state index in [0.717, 1.165) is 0 Å². The Bertz CT molecular complexity index is 674. The number of halogens is 1. The molecule has 2 N–H and O–H groups in total. The molecule has 0 atom stereocenters. The van der Waals surface area contributed by atoms with Gasteiger partial charge in [-0.3, -0.25) is 4.79 Å². The molecule has 2 rings (SSSR count).